The molecule has 2 aromatic carbocycles. The second-order valence-corrected chi connectivity index (χ2v) is 6.58. The van der Waals surface area contributed by atoms with Crippen molar-refractivity contribution in [3.8, 4) is 5.75 Å². The van der Waals surface area contributed by atoms with Crippen LogP contribution >= 0.6 is 15.9 Å². The summed E-state index contributed by atoms with van der Waals surface area (Å²) in [6.07, 6.45) is 3.44. The Morgan fingerprint density at radius 2 is 1.88 bits per heavy atom. The van der Waals surface area contributed by atoms with E-state index in [0.29, 0.717) is 17.9 Å². The van der Waals surface area contributed by atoms with Crippen LogP contribution in [0.15, 0.2) is 65.4 Å². The summed E-state index contributed by atoms with van der Waals surface area (Å²) in [6.45, 7) is 2.39. The van der Waals surface area contributed by atoms with Crippen molar-refractivity contribution in [3.63, 3.8) is 0 Å². The molecule has 0 radical (unpaired) electrons. The van der Waals surface area contributed by atoms with Crippen LogP contribution in [0.1, 0.15) is 27.0 Å². The number of Topliss-reactive ketones (excluding diaryl/α,β-unsaturated/α-hetero) is 1. The van der Waals surface area contributed by atoms with E-state index in [1.54, 1.807) is 18.5 Å². The van der Waals surface area contributed by atoms with Crippen LogP contribution < -0.4 is 4.74 Å². The highest BCUT2D eigenvalue weighted by molar-refractivity contribution is 9.10. The summed E-state index contributed by atoms with van der Waals surface area (Å²) < 4.78 is 6.83. The molecule has 0 spiro atoms. The maximum Gasteiger partial charge on any atom is 0.171 e. The monoisotopic (exact) mass is 396 g/mol. The number of aromatic nitrogens is 2. The molecule has 0 aliphatic heterocycles. The Morgan fingerprint density at radius 1 is 1.08 bits per heavy atom. The average molecular weight is 397 g/mol. The molecule has 0 unspecified atom stereocenters. The molecule has 25 heavy (non-hydrogen) atoms. The molecule has 5 heteroatoms. The quantitative estimate of drug-likeness (QED) is 0.573. The van der Waals surface area contributed by atoms with Crippen molar-refractivity contribution in [2.45, 2.75) is 20.0 Å². The molecule has 3 aromatic rings. The van der Waals surface area contributed by atoms with Crippen LogP contribution in [0, 0.1) is 6.92 Å². The molecule has 0 aliphatic carbocycles. The molecule has 0 N–H and O–H groups in total. The van der Waals surface area contributed by atoms with Gasteiger partial charge in [0, 0.05) is 17.1 Å². The van der Waals surface area contributed by atoms with E-state index in [1.807, 2.05) is 49.4 Å². The lowest BCUT2D eigenvalue weighted by atomic mass is 10.0. The van der Waals surface area contributed by atoms with Crippen molar-refractivity contribution in [2.24, 2.45) is 0 Å². The molecular formula is C20H17BrN2O2. The summed E-state index contributed by atoms with van der Waals surface area (Å²) in [4.78, 5) is 12.8. The number of nitrogens with zero attached hydrogens (tertiary/aromatic N) is 2. The molecule has 0 fully saturated rings. The summed E-state index contributed by atoms with van der Waals surface area (Å²) in [5.74, 6) is 0.577. The number of benzene rings is 2. The highest BCUT2D eigenvalue weighted by Gasteiger charge is 2.16. The van der Waals surface area contributed by atoms with E-state index in [2.05, 4.69) is 26.1 Å². The van der Waals surface area contributed by atoms with Gasteiger partial charge in [0.2, 0.25) is 0 Å². The van der Waals surface area contributed by atoms with E-state index >= 15 is 0 Å². The van der Waals surface area contributed by atoms with Crippen LogP contribution in [-0.4, -0.2) is 16.0 Å². The Balaban J connectivity index is 1.84. The molecule has 0 bridgehead atoms. The number of ketones is 1. The molecule has 4 nitrogen and oxygen atoms in total. The third-order valence-corrected chi connectivity index (χ3v) is 4.66. The van der Waals surface area contributed by atoms with Crippen molar-refractivity contribution >= 4 is 21.7 Å². The van der Waals surface area contributed by atoms with Gasteiger partial charge in [0.1, 0.15) is 12.4 Å². The molecule has 0 atom stereocenters. The number of carbonyl (C=O) groups is 1. The number of halogens is 1. The van der Waals surface area contributed by atoms with E-state index in [4.69, 9.17) is 4.74 Å². The van der Waals surface area contributed by atoms with E-state index in [0.717, 1.165) is 21.2 Å². The van der Waals surface area contributed by atoms with Gasteiger partial charge in [-0.25, -0.2) is 0 Å². The first-order chi connectivity index (χ1) is 12.1. The zero-order chi connectivity index (χ0) is 17.6. The van der Waals surface area contributed by atoms with Gasteiger partial charge in [-0.15, -0.1) is 0 Å². The predicted octanol–water partition coefficient (Wildman–Crippen LogP) is 4.55. The minimum absolute atomic E-state index is 0.0169. The second kappa shape index (κ2) is 8.03. The van der Waals surface area contributed by atoms with Gasteiger partial charge in [-0.05, 0) is 41.8 Å². The molecule has 0 saturated carbocycles. The maximum atomic E-state index is 12.8. The number of carbonyl (C=O) groups excluding carboxylic acids is 1. The highest BCUT2D eigenvalue weighted by atomic mass is 79.9. The van der Waals surface area contributed by atoms with Gasteiger partial charge < -0.3 is 4.74 Å². The van der Waals surface area contributed by atoms with Gasteiger partial charge in [-0.3, -0.25) is 4.79 Å². The van der Waals surface area contributed by atoms with E-state index in [1.165, 1.54) is 0 Å². The van der Waals surface area contributed by atoms with Crippen molar-refractivity contribution in [1.29, 1.82) is 0 Å². The smallest absolute Gasteiger partial charge is 0.171 e. The van der Waals surface area contributed by atoms with Crippen molar-refractivity contribution in [1.82, 2.24) is 10.2 Å². The van der Waals surface area contributed by atoms with Gasteiger partial charge in [-0.2, -0.15) is 10.2 Å². The largest absolute Gasteiger partial charge is 0.488 e. The van der Waals surface area contributed by atoms with Gasteiger partial charge in [-0.1, -0.05) is 46.3 Å². The minimum atomic E-state index is -0.0169. The summed E-state index contributed by atoms with van der Waals surface area (Å²) >= 11 is 3.50. The zero-order valence-electron chi connectivity index (χ0n) is 13.8. The Morgan fingerprint density at radius 3 is 2.60 bits per heavy atom. The van der Waals surface area contributed by atoms with Gasteiger partial charge in [0.05, 0.1) is 11.8 Å². The van der Waals surface area contributed by atoms with E-state index in [-0.39, 0.29) is 12.2 Å². The molecule has 1 aromatic heterocycles. The number of ether oxygens (including phenoxy) is 1. The normalized spacial score (nSPS) is 10.5. The fraction of sp³-hybridized carbons (Fsp3) is 0.150. The first-order valence-corrected chi connectivity index (χ1v) is 8.68. The molecule has 3 rings (SSSR count). The molecule has 0 amide bonds. The molecular weight excluding hydrogens is 380 g/mol. The minimum Gasteiger partial charge on any atom is -0.488 e. The van der Waals surface area contributed by atoms with Crippen LogP contribution in [0.4, 0.5) is 0 Å². The predicted molar refractivity (Wildman–Crippen MR) is 99.7 cm³/mol. The number of rotatable bonds is 6. The summed E-state index contributed by atoms with van der Waals surface area (Å²) in [5.41, 5.74) is 3.46. The van der Waals surface area contributed by atoms with Crippen molar-refractivity contribution in [2.75, 3.05) is 0 Å². The van der Waals surface area contributed by atoms with E-state index in [9.17, 15) is 4.79 Å². The third kappa shape index (κ3) is 4.51. The van der Waals surface area contributed by atoms with Crippen LogP contribution in [0.3, 0.4) is 0 Å². The van der Waals surface area contributed by atoms with Crippen molar-refractivity contribution < 1.29 is 9.53 Å². The Bertz CT molecular complexity index is 868. The lowest BCUT2D eigenvalue weighted by Crippen LogP contribution is -2.08. The fourth-order valence-electron chi connectivity index (χ4n) is 2.43. The first-order valence-electron chi connectivity index (χ1n) is 7.89. The van der Waals surface area contributed by atoms with Gasteiger partial charge >= 0.3 is 0 Å². The molecule has 0 aliphatic rings. The van der Waals surface area contributed by atoms with Crippen molar-refractivity contribution in [3.05, 3.63) is 87.7 Å². The highest BCUT2D eigenvalue weighted by Crippen LogP contribution is 2.29. The first kappa shape index (κ1) is 17.3. The maximum absolute atomic E-state index is 12.8. The Hall–Kier alpha value is -2.53. The number of hydrogen-bond donors (Lipinski definition) is 0. The summed E-state index contributed by atoms with van der Waals surface area (Å²) in [7, 11) is 0. The van der Waals surface area contributed by atoms with Gasteiger partial charge in [0.15, 0.2) is 5.78 Å². The Kier molecular flexibility index (Phi) is 5.56. The number of hydrogen-bond acceptors (Lipinski definition) is 4. The lowest BCUT2D eigenvalue weighted by Gasteiger charge is -2.13. The zero-order valence-corrected chi connectivity index (χ0v) is 15.4. The standard InChI is InChI=1S/C20H17BrN2O2/c1-14-9-20(25-13-15-5-3-2-4-6-15)17(11-18(14)21)19(24)10-16-7-8-22-23-12-16/h2-9,11-12H,10,13H2,1H3. The second-order valence-electron chi connectivity index (χ2n) is 5.72. The van der Waals surface area contributed by atoms with Crippen LogP contribution in [0.2, 0.25) is 0 Å². The molecule has 126 valence electrons. The lowest BCUT2D eigenvalue weighted by molar-refractivity contribution is 0.0988. The van der Waals surface area contributed by atoms with E-state index < -0.39 is 0 Å². The third-order valence-electron chi connectivity index (χ3n) is 3.81. The summed E-state index contributed by atoms with van der Waals surface area (Å²) in [5, 5.41) is 7.56. The average Bonchev–Trinajstić information content (AvgIpc) is 2.64. The number of aryl methyl sites for hydroxylation is 1. The topological polar surface area (TPSA) is 52.1 Å². The van der Waals surface area contributed by atoms with Crippen LogP contribution in [0.5, 0.6) is 5.75 Å². The SMILES string of the molecule is Cc1cc(OCc2ccccc2)c(C(=O)Cc2ccnnc2)cc1Br. The summed E-state index contributed by atoms with van der Waals surface area (Å²) in [6, 6.07) is 15.4. The fourth-order valence-corrected chi connectivity index (χ4v) is 2.77. The molecule has 0 saturated heterocycles. The van der Waals surface area contributed by atoms with Gasteiger partial charge in [0.25, 0.3) is 0 Å². The van der Waals surface area contributed by atoms with Crippen LogP contribution in [0.25, 0.3) is 0 Å². The van der Waals surface area contributed by atoms with Crippen LogP contribution in [-0.2, 0) is 13.0 Å². The Labute approximate surface area is 155 Å². The molecule has 1 heterocycles.